The molecular formula is C11H21N3O3S2. The lowest BCUT2D eigenvalue weighted by Crippen LogP contribution is -2.34. The molecule has 0 aliphatic rings. The van der Waals surface area contributed by atoms with Crippen LogP contribution in [-0.2, 0) is 16.6 Å². The minimum absolute atomic E-state index is 0.0610. The molecule has 0 bridgehead atoms. The average molecular weight is 307 g/mol. The van der Waals surface area contributed by atoms with Gasteiger partial charge in [0.25, 0.3) is 0 Å². The summed E-state index contributed by atoms with van der Waals surface area (Å²) in [6.07, 6.45) is 3.37. The second-order valence-corrected chi connectivity index (χ2v) is 7.23. The fourth-order valence-electron chi connectivity index (χ4n) is 1.50. The van der Waals surface area contributed by atoms with Gasteiger partial charge in [0, 0.05) is 31.1 Å². The van der Waals surface area contributed by atoms with E-state index >= 15 is 0 Å². The second-order valence-electron chi connectivity index (χ2n) is 4.20. The van der Waals surface area contributed by atoms with Crippen LogP contribution in [0.15, 0.2) is 17.3 Å². The van der Waals surface area contributed by atoms with Gasteiger partial charge < -0.3 is 5.11 Å². The van der Waals surface area contributed by atoms with E-state index in [1.807, 2.05) is 13.8 Å². The Bertz CT molecular complexity index is 473. The van der Waals surface area contributed by atoms with Gasteiger partial charge in [0.1, 0.15) is 4.90 Å². The van der Waals surface area contributed by atoms with Crippen LogP contribution in [0.1, 0.15) is 20.3 Å². The fraction of sp³-hybridized carbons (Fsp3) is 0.727. The highest BCUT2D eigenvalue weighted by Crippen LogP contribution is 2.10. The molecule has 0 aliphatic carbocycles. The van der Waals surface area contributed by atoms with Gasteiger partial charge in [-0.3, -0.25) is 4.68 Å². The predicted octanol–water partition coefficient (Wildman–Crippen LogP) is 0.685. The fourth-order valence-corrected chi connectivity index (χ4v) is 3.47. The number of hydrogen-bond donors (Lipinski definition) is 2. The number of hydrogen-bond acceptors (Lipinski definition) is 5. The van der Waals surface area contributed by atoms with E-state index in [1.54, 1.807) is 11.8 Å². The molecule has 1 rings (SSSR count). The maximum atomic E-state index is 12.1. The molecule has 0 fully saturated rings. The molecule has 1 aromatic rings. The summed E-state index contributed by atoms with van der Waals surface area (Å²) in [5.41, 5.74) is 0. The van der Waals surface area contributed by atoms with Crippen molar-refractivity contribution in [1.29, 1.82) is 0 Å². The van der Waals surface area contributed by atoms with Crippen LogP contribution in [0, 0.1) is 0 Å². The Morgan fingerprint density at radius 2 is 2.32 bits per heavy atom. The van der Waals surface area contributed by atoms with E-state index in [1.165, 1.54) is 17.1 Å². The maximum Gasteiger partial charge on any atom is 0.243 e. The van der Waals surface area contributed by atoms with Gasteiger partial charge in [-0.2, -0.15) is 16.9 Å². The number of aromatic nitrogens is 2. The highest BCUT2D eigenvalue weighted by Gasteiger charge is 2.19. The number of aliphatic hydroxyl groups is 1. The van der Waals surface area contributed by atoms with E-state index in [4.69, 9.17) is 5.11 Å². The summed E-state index contributed by atoms with van der Waals surface area (Å²) >= 11 is 1.69. The Labute approximate surface area is 118 Å². The minimum atomic E-state index is -3.50. The summed E-state index contributed by atoms with van der Waals surface area (Å²) in [6.45, 7) is 4.45. The summed E-state index contributed by atoms with van der Waals surface area (Å²) in [7, 11) is -3.50. The lowest BCUT2D eigenvalue weighted by Gasteiger charge is -2.12. The Kier molecular flexibility index (Phi) is 6.84. The van der Waals surface area contributed by atoms with Gasteiger partial charge in [-0.15, -0.1) is 0 Å². The third kappa shape index (κ3) is 5.52. The van der Waals surface area contributed by atoms with Crippen LogP contribution < -0.4 is 4.72 Å². The standard InChI is InChI=1S/C11H21N3O3S2/c1-3-18-9-10(2)13-19(16,17)11-7-12-14(8-11)5-4-6-15/h7-8,10,13,15H,3-6,9H2,1-2H3. The third-order valence-corrected chi connectivity index (χ3v) is 5.08. The quantitative estimate of drug-likeness (QED) is 0.701. The molecule has 19 heavy (non-hydrogen) atoms. The molecule has 0 aromatic carbocycles. The first-order chi connectivity index (χ1) is 8.99. The topological polar surface area (TPSA) is 84.2 Å². The highest BCUT2D eigenvalue weighted by atomic mass is 32.2. The zero-order chi connectivity index (χ0) is 14.3. The highest BCUT2D eigenvalue weighted by molar-refractivity contribution is 7.99. The van der Waals surface area contributed by atoms with Crippen molar-refractivity contribution in [1.82, 2.24) is 14.5 Å². The van der Waals surface area contributed by atoms with Crippen molar-refractivity contribution >= 4 is 21.8 Å². The van der Waals surface area contributed by atoms with Crippen LogP contribution in [0.4, 0.5) is 0 Å². The van der Waals surface area contributed by atoms with E-state index in [-0.39, 0.29) is 17.5 Å². The van der Waals surface area contributed by atoms with Crippen LogP contribution in [0.25, 0.3) is 0 Å². The second kappa shape index (κ2) is 7.88. The lowest BCUT2D eigenvalue weighted by atomic mass is 10.4. The monoisotopic (exact) mass is 307 g/mol. The first kappa shape index (κ1) is 16.5. The van der Waals surface area contributed by atoms with Gasteiger partial charge in [0.05, 0.1) is 6.20 Å². The molecular weight excluding hydrogens is 286 g/mol. The molecule has 0 radical (unpaired) electrons. The molecule has 110 valence electrons. The Morgan fingerprint density at radius 1 is 1.58 bits per heavy atom. The summed E-state index contributed by atoms with van der Waals surface area (Å²) in [5.74, 6) is 1.71. The first-order valence-corrected chi connectivity index (χ1v) is 8.86. The third-order valence-electron chi connectivity index (χ3n) is 2.39. The maximum absolute atomic E-state index is 12.1. The largest absolute Gasteiger partial charge is 0.396 e. The van der Waals surface area contributed by atoms with E-state index in [9.17, 15) is 8.42 Å². The normalized spacial score (nSPS) is 13.6. The number of sulfonamides is 1. The van der Waals surface area contributed by atoms with Crippen LogP contribution in [0.3, 0.4) is 0 Å². The van der Waals surface area contributed by atoms with Crippen molar-refractivity contribution in [3.8, 4) is 0 Å². The van der Waals surface area contributed by atoms with Crippen LogP contribution in [-0.4, -0.2) is 47.5 Å². The number of thioether (sulfide) groups is 1. The van der Waals surface area contributed by atoms with E-state index in [2.05, 4.69) is 9.82 Å². The van der Waals surface area contributed by atoms with Gasteiger partial charge in [0.2, 0.25) is 10.0 Å². The first-order valence-electron chi connectivity index (χ1n) is 6.23. The summed E-state index contributed by atoms with van der Waals surface area (Å²) in [5, 5.41) is 12.7. The van der Waals surface area contributed by atoms with Gasteiger partial charge in [-0.25, -0.2) is 13.1 Å². The molecule has 1 unspecified atom stereocenters. The predicted molar refractivity (Wildman–Crippen MR) is 76.7 cm³/mol. The van der Waals surface area contributed by atoms with E-state index in [0.717, 1.165) is 11.5 Å². The van der Waals surface area contributed by atoms with Crippen LogP contribution in [0.2, 0.25) is 0 Å². The lowest BCUT2D eigenvalue weighted by molar-refractivity contribution is 0.277. The molecule has 0 saturated carbocycles. The molecule has 8 heteroatoms. The van der Waals surface area contributed by atoms with Crippen molar-refractivity contribution in [3.63, 3.8) is 0 Å². The summed E-state index contributed by atoms with van der Waals surface area (Å²) in [4.78, 5) is 0.166. The SMILES string of the molecule is CCSCC(C)NS(=O)(=O)c1cnn(CCCO)c1. The van der Waals surface area contributed by atoms with Gasteiger partial charge >= 0.3 is 0 Å². The number of nitrogens with zero attached hydrogens (tertiary/aromatic N) is 2. The average Bonchev–Trinajstić information content (AvgIpc) is 2.83. The zero-order valence-electron chi connectivity index (χ0n) is 11.2. The molecule has 6 nitrogen and oxygen atoms in total. The number of aliphatic hydroxyl groups excluding tert-OH is 1. The molecule has 0 aliphatic heterocycles. The molecule has 1 atom stereocenters. The van der Waals surface area contributed by atoms with Crippen molar-refractivity contribution in [2.24, 2.45) is 0 Å². The van der Waals surface area contributed by atoms with Crippen molar-refractivity contribution in [3.05, 3.63) is 12.4 Å². The summed E-state index contributed by atoms with van der Waals surface area (Å²) in [6, 6.07) is -0.115. The Morgan fingerprint density at radius 3 is 2.95 bits per heavy atom. The molecule has 0 amide bonds. The zero-order valence-corrected chi connectivity index (χ0v) is 12.9. The number of rotatable bonds is 9. The van der Waals surface area contributed by atoms with Crippen molar-refractivity contribution in [2.75, 3.05) is 18.1 Å². The van der Waals surface area contributed by atoms with Crippen molar-refractivity contribution < 1.29 is 13.5 Å². The van der Waals surface area contributed by atoms with Gasteiger partial charge in [-0.05, 0) is 19.1 Å². The molecule has 1 heterocycles. The van der Waals surface area contributed by atoms with Crippen LogP contribution in [0.5, 0.6) is 0 Å². The molecule has 2 N–H and O–H groups in total. The minimum Gasteiger partial charge on any atom is -0.396 e. The Balaban J connectivity index is 2.63. The van der Waals surface area contributed by atoms with Crippen molar-refractivity contribution in [2.45, 2.75) is 37.8 Å². The van der Waals surface area contributed by atoms with Gasteiger partial charge in [0.15, 0.2) is 0 Å². The molecule has 0 spiro atoms. The molecule has 0 saturated heterocycles. The molecule has 1 aromatic heterocycles. The smallest absolute Gasteiger partial charge is 0.243 e. The van der Waals surface area contributed by atoms with E-state index < -0.39 is 10.0 Å². The van der Waals surface area contributed by atoms with E-state index in [0.29, 0.717) is 13.0 Å². The van der Waals surface area contributed by atoms with Gasteiger partial charge in [-0.1, -0.05) is 6.92 Å². The van der Waals surface area contributed by atoms with Crippen LogP contribution >= 0.6 is 11.8 Å². The summed E-state index contributed by atoms with van der Waals surface area (Å²) < 4.78 is 28.3. The number of nitrogens with one attached hydrogen (secondary N) is 1. The Hall–Kier alpha value is -0.570. The number of aryl methyl sites for hydroxylation is 1.